The standard InChI is InChI=1S/C37H51N3O3/c1-4-21-39(37(42)43-27-30-17-15-28(2)16-18-30)33-19-22-38(23-20-33)26-32-24-35(25-36(32)31-11-7-5-8-12-31)40(29(3)41)34-13-9-6-10-14-34/h4-5,7-8,11-12,15-18,32-36H,1,6,9-10,13-14,19-27H2,2-3H3. The van der Waals surface area contributed by atoms with Gasteiger partial charge >= 0.3 is 6.09 Å². The molecule has 6 nitrogen and oxygen atoms in total. The van der Waals surface area contributed by atoms with Gasteiger partial charge in [-0.15, -0.1) is 6.58 Å². The summed E-state index contributed by atoms with van der Waals surface area (Å²) in [6.07, 6.45) is 11.6. The fraction of sp³-hybridized carbons (Fsp3) is 0.568. The van der Waals surface area contributed by atoms with Gasteiger partial charge in [0.1, 0.15) is 6.61 Å². The smallest absolute Gasteiger partial charge is 0.410 e. The van der Waals surface area contributed by atoms with Crippen molar-refractivity contribution in [3.63, 3.8) is 0 Å². The summed E-state index contributed by atoms with van der Waals surface area (Å²) >= 11 is 0. The summed E-state index contributed by atoms with van der Waals surface area (Å²) in [5.74, 6) is 1.23. The molecule has 5 rings (SSSR count). The largest absolute Gasteiger partial charge is 0.445 e. The Morgan fingerprint density at radius 1 is 0.907 bits per heavy atom. The highest BCUT2D eigenvalue weighted by atomic mass is 16.6. The number of piperidine rings is 1. The van der Waals surface area contributed by atoms with Gasteiger partial charge in [-0.25, -0.2) is 4.79 Å². The van der Waals surface area contributed by atoms with Crippen molar-refractivity contribution < 1.29 is 14.3 Å². The molecule has 2 amide bonds. The van der Waals surface area contributed by atoms with Crippen molar-refractivity contribution in [2.45, 2.75) is 102 Å². The van der Waals surface area contributed by atoms with Crippen LogP contribution in [0.5, 0.6) is 0 Å². The molecule has 2 aliphatic carbocycles. The number of rotatable bonds is 10. The van der Waals surface area contributed by atoms with Gasteiger partial charge in [0, 0.05) is 51.2 Å². The molecule has 0 spiro atoms. The molecule has 2 saturated carbocycles. The van der Waals surface area contributed by atoms with Crippen LogP contribution in [0.3, 0.4) is 0 Å². The van der Waals surface area contributed by atoms with Crippen LogP contribution < -0.4 is 0 Å². The molecule has 43 heavy (non-hydrogen) atoms. The third kappa shape index (κ3) is 8.08. The quantitative estimate of drug-likeness (QED) is 0.274. The van der Waals surface area contributed by atoms with Gasteiger partial charge in [0.25, 0.3) is 0 Å². The summed E-state index contributed by atoms with van der Waals surface area (Å²) in [5.41, 5.74) is 3.60. The second kappa shape index (κ2) is 15.1. The lowest BCUT2D eigenvalue weighted by atomic mass is 9.88. The Hall–Kier alpha value is -3.12. The second-order valence-electron chi connectivity index (χ2n) is 13.1. The number of benzene rings is 2. The normalized spacial score (nSPS) is 23.5. The topological polar surface area (TPSA) is 53.1 Å². The highest BCUT2D eigenvalue weighted by Gasteiger charge is 2.42. The number of aryl methyl sites for hydroxylation is 1. The first-order valence-corrected chi connectivity index (χ1v) is 16.6. The molecule has 0 N–H and O–H groups in total. The SMILES string of the molecule is C=CCN(C(=O)OCc1ccc(C)cc1)C1CCN(CC2CC(N(C(C)=O)C3CCCCC3)CC2c2ccccc2)CC1. The molecule has 0 radical (unpaired) electrons. The molecule has 2 aromatic carbocycles. The van der Waals surface area contributed by atoms with Gasteiger partial charge < -0.3 is 19.4 Å². The van der Waals surface area contributed by atoms with E-state index in [-0.39, 0.29) is 24.6 Å². The summed E-state index contributed by atoms with van der Waals surface area (Å²) in [5, 5.41) is 0. The molecule has 1 heterocycles. The maximum atomic E-state index is 13.1. The lowest BCUT2D eigenvalue weighted by molar-refractivity contribution is -0.134. The van der Waals surface area contributed by atoms with Crippen LogP contribution in [0.2, 0.25) is 0 Å². The van der Waals surface area contributed by atoms with E-state index in [0.29, 0.717) is 30.5 Å². The Morgan fingerprint density at radius 2 is 1.60 bits per heavy atom. The first-order chi connectivity index (χ1) is 20.9. The van der Waals surface area contributed by atoms with Crippen LogP contribution in [0.25, 0.3) is 0 Å². The van der Waals surface area contributed by atoms with E-state index >= 15 is 0 Å². The number of hydrogen-bond donors (Lipinski definition) is 0. The van der Waals surface area contributed by atoms with Gasteiger partial charge in [-0.1, -0.05) is 85.5 Å². The average molecular weight is 586 g/mol. The Bertz CT molecular complexity index is 1190. The third-order valence-corrected chi connectivity index (χ3v) is 10.2. The van der Waals surface area contributed by atoms with Gasteiger partial charge in [0.05, 0.1) is 0 Å². The zero-order chi connectivity index (χ0) is 30.2. The van der Waals surface area contributed by atoms with Gasteiger partial charge in [-0.2, -0.15) is 0 Å². The van der Waals surface area contributed by atoms with Gasteiger partial charge in [-0.3, -0.25) is 4.79 Å². The summed E-state index contributed by atoms with van der Waals surface area (Å²) in [7, 11) is 0. The van der Waals surface area contributed by atoms with Crippen LogP contribution in [0, 0.1) is 12.8 Å². The van der Waals surface area contributed by atoms with Crippen molar-refractivity contribution in [1.82, 2.24) is 14.7 Å². The Balaban J connectivity index is 1.20. The van der Waals surface area contributed by atoms with Crippen molar-refractivity contribution >= 4 is 12.0 Å². The highest BCUT2D eigenvalue weighted by Crippen LogP contribution is 2.44. The molecular weight excluding hydrogens is 534 g/mol. The van der Waals surface area contributed by atoms with E-state index < -0.39 is 0 Å². The lowest BCUT2D eigenvalue weighted by Crippen LogP contribution is -2.48. The molecule has 3 fully saturated rings. The van der Waals surface area contributed by atoms with E-state index in [2.05, 4.69) is 53.6 Å². The molecule has 2 aromatic rings. The minimum Gasteiger partial charge on any atom is -0.445 e. The first kappa shape index (κ1) is 31.3. The number of likely N-dealkylation sites (tertiary alicyclic amines) is 1. The Morgan fingerprint density at radius 3 is 2.26 bits per heavy atom. The van der Waals surface area contributed by atoms with Crippen LogP contribution in [0.4, 0.5) is 4.79 Å². The number of ether oxygens (including phenoxy) is 1. The summed E-state index contributed by atoms with van der Waals surface area (Å²) in [6, 6.07) is 20.0. The number of hydrogen-bond acceptors (Lipinski definition) is 4. The van der Waals surface area contributed by atoms with Crippen LogP contribution >= 0.6 is 0 Å². The van der Waals surface area contributed by atoms with Crippen molar-refractivity contribution in [2.75, 3.05) is 26.2 Å². The minimum absolute atomic E-state index is 0.153. The van der Waals surface area contributed by atoms with Crippen LogP contribution in [0.1, 0.15) is 87.3 Å². The van der Waals surface area contributed by atoms with E-state index in [1.54, 1.807) is 13.0 Å². The molecule has 0 aromatic heterocycles. The van der Waals surface area contributed by atoms with Crippen LogP contribution in [0.15, 0.2) is 67.3 Å². The van der Waals surface area contributed by atoms with E-state index in [0.717, 1.165) is 63.7 Å². The summed E-state index contributed by atoms with van der Waals surface area (Å²) in [4.78, 5) is 32.9. The number of nitrogens with zero attached hydrogens (tertiary/aromatic N) is 3. The molecule has 0 bridgehead atoms. The highest BCUT2D eigenvalue weighted by molar-refractivity contribution is 5.74. The van der Waals surface area contributed by atoms with Crippen molar-refractivity contribution in [3.8, 4) is 0 Å². The van der Waals surface area contributed by atoms with Crippen LogP contribution in [-0.4, -0.2) is 71.0 Å². The first-order valence-electron chi connectivity index (χ1n) is 16.6. The lowest BCUT2D eigenvalue weighted by Gasteiger charge is -2.39. The molecule has 1 aliphatic heterocycles. The minimum atomic E-state index is -0.256. The van der Waals surface area contributed by atoms with Crippen molar-refractivity contribution in [3.05, 3.63) is 83.9 Å². The van der Waals surface area contributed by atoms with Crippen molar-refractivity contribution in [2.24, 2.45) is 5.92 Å². The predicted octanol–water partition coefficient (Wildman–Crippen LogP) is 7.33. The summed E-state index contributed by atoms with van der Waals surface area (Å²) < 4.78 is 5.73. The number of carbonyl (C=O) groups excluding carboxylic acids is 2. The fourth-order valence-corrected chi connectivity index (χ4v) is 7.97. The molecule has 1 saturated heterocycles. The third-order valence-electron chi connectivity index (χ3n) is 10.2. The zero-order valence-electron chi connectivity index (χ0n) is 26.3. The van der Waals surface area contributed by atoms with Crippen LogP contribution in [-0.2, 0) is 16.1 Å². The predicted molar refractivity (Wildman–Crippen MR) is 173 cm³/mol. The monoisotopic (exact) mass is 585 g/mol. The molecule has 3 aliphatic rings. The molecule has 6 heteroatoms. The summed E-state index contributed by atoms with van der Waals surface area (Å²) in [6.45, 7) is 11.5. The number of amides is 2. The zero-order valence-corrected chi connectivity index (χ0v) is 26.3. The Kier molecular flexibility index (Phi) is 11.0. The molecular formula is C37H51N3O3. The Labute approximate surface area is 259 Å². The average Bonchev–Trinajstić information content (AvgIpc) is 3.43. The molecule has 3 unspecified atom stereocenters. The second-order valence-corrected chi connectivity index (χ2v) is 13.1. The molecule has 232 valence electrons. The van der Waals surface area contributed by atoms with E-state index in [1.807, 2.05) is 29.2 Å². The van der Waals surface area contributed by atoms with Crippen molar-refractivity contribution in [1.29, 1.82) is 0 Å². The van der Waals surface area contributed by atoms with Gasteiger partial charge in [-0.05, 0) is 68.4 Å². The van der Waals surface area contributed by atoms with Gasteiger partial charge in [0.15, 0.2) is 0 Å². The van der Waals surface area contributed by atoms with E-state index in [4.69, 9.17) is 4.74 Å². The van der Waals surface area contributed by atoms with E-state index in [1.165, 1.54) is 30.4 Å². The van der Waals surface area contributed by atoms with E-state index in [9.17, 15) is 9.59 Å². The maximum absolute atomic E-state index is 13.1. The number of carbonyl (C=O) groups is 2. The molecule has 3 atom stereocenters. The maximum Gasteiger partial charge on any atom is 0.410 e. The fourth-order valence-electron chi connectivity index (χ4n) is 7.97. The van der Waals surface area contributed by atoms with Gasteiger partial charge in [0.2, 0.25) is 5.91 Å².